The van der Waals surface area contributed by atoms with E-state index in [1.807, 2.05) is 36.6 Å². The minimum Gasteiger partial charge on any atom is -0.377 e. The lowest BCUT2D eigenvalue weighted by atomic mass is 9.96. The third-order valence-corrected chi connectivity index (χ3v) is 4.17. The number of benzene rings is 1. The summed E-state index contributed by atoms with van der Waals surface area (Å²) in [6, 6.07) is 9.98. The van der Waals surface area contributed by atoms with E-state index in [4.69, 9.17) is 0 Å². The molecule has 1 aliphatic rings. The summed E-state index contributed by atoms with van der Waals surface area (Å²) in [6.45, 7) is 0. The highest BCUT2D eigenvalue weighted by atomic mass is 32.2. The molecule has 19 heavy (non-hydrogen) atoms. The van der Waals surface area contributed by atoms with Crippen molar-refractivity contribution < 1.29 is 4.79 Å². The molecule has 0 atom stereocenters. The molecule has 102 valence electrons. The van der Waals surface area contributed by atoms with Crippen molar-refractivity contribution in [2.45, 2.75) is 38.1 Å². The molecule has 0 radical (unpaired) electrons. The molecule has 0 aliphatic heterocycles. The summed E-state index contributed by atoms with van der Waals surface area (Å²) in [5, 5.41) is 4.50. The number of hydrogen-bond donors (Lipinski definition) is 1. The molecule has 1 fully saturated rings. The van der Waals surface area contributed by atoms with Gasteiger partial charge in [0.25, 0.3) is 0 Å². The van der Waals surface area contributed by atoms with E-state index < -0.39 is 0 Å². The molecule has 1 N–H and O–H groups in total. The van der Waals surface area contributed by atoms with Gasteiger partial charge in [-0.25, -0.2) is 0 Å². The molecular weight excluding hydrogens is 254 g/mol. The standard InChI is InChI=1S/C16H21NOS/c1-19-16(17-14-10-6-3-7-11-14)12-15(18)13-8-4-2-5-9-13/h2,4-5,8-9,12,14,17H,3,6-7,10-11H2,1H3/b16-12-. The van der Waals surface area contributed by atoms with Crippen LogP contribution in [0.25, 0.3) is 0 Å². The Kier molecular flexibility index (Phi) is 5.52. The number of allylic oxidation sites excluding steroid dienone is 1. The Morgan fingerprint density at radius 2 is 1.89 bits per heavy atom. The van der Waals surface area contributed by atoms with Gasteiger partial charge in [-0.3, -0.25) is 4.79 Å². The minimum absolute atomic E-state index is 0.0771. The summed E-state index contributed by atoms with van der Waals surface area (Å²) in [5.74, 6) is 0.0771. The summed E-state index contributed by atoms with van der Waals surface area (Å²) in [5.41, 5.74) is 0.750. The normalized spacial score (nSPS) is 17.2. The minimum atomic E-state index is 0.0771. The molecule has 2 rings (SSSR count). The van der Waals surface area contributed by atoms with Crippen LogP contribution in [0.1, 0.15) is 42.5 Å². The summed E-state index contributed by atoms with van der Waals surface area (Å²) in [7, 11) is 0. The quantitative estimate of drug-likeness (QED) is 0.650. The fraction of sp³-hybridized carbons (Fsp3) is 0.438. The van der Waals surface area contributed by atoms with Gasteiger partial charge in [0.1, 0.15) is 0 Å². The average molecular weight is 275 g/mol. The fourth-order valence-corrected chi connectivity index (χ4v) is 2.92. The van der Waals surface area contributed by atoms with Gasteiger partial charge >= 0.3 is 0 Å². The molecule has 1 aromatic rings. The van der Waals surface area contributed by atoms with Crippen LogP contribution in [0, 0.1) is 0 Å². The number of rotatable bonds is 5. The molecule has 0 spiro atoms. The molecule has 0 amide bonds. The largest absolute Gasteiger partial charge is 0.377 e. The van der Waals surface area contributed by atoms with Gasteiger partial charge in [0.15, 0.2) is 5.78 Å². The van der Waals surface area contributed by atoms with Crippen LogP contribution < -0.4 is 5.32 Å². The second-order valence-electron chi connectivity index (χ2n) is 4.92. The van der Waals surface area contributed by atoms with Crippen molar-refractivity contribution in [3.05, 3.63) is 47.0 Å². The Bertz CT molecular complexity index is 435. The lowest BCUT2D eigenvalue weighted by Crippen LogP contribution is -2.29. The van der Waals surface area contributed by atoms with Crippen LogP contribution in [0.2, 0.25) is 0 Å². The van der Waals surface area contributed by atoms with Gasteiger partial charge < -0.3 is 5.32 Å². The number of nitrogens with one attached hydrogen (secondary N) is 1. The van der Waals surface area contributed by atoms with E-state index >= 15 is 0 Å². The first kappa shape index (κ1) is 14.2. The number of hydrogen-bond acceptors (Lipinski definition) is 3. The summed E-state index contributed by atoms with van der Waals surface area (Å²) < 4.78 is 0. The number of ketones is 1. The zero-order valence-electron chi connectivity index (χ0n) is 11.4. The van der Waals surface area contributed by atoms with Crippen LogP contribution in [-0.4, -0.2) is 18.1 Å². The van der Waals surface area contributed by atoms with Crippen molar-refractivity contribution in [2.24, 2.45) is 0 Å². The van der Waals surface area contributed by atoms with Gasteiger partial charge in [0.05, 0.1) is 5.03 Å². The van der Waals surface area contributed by atoms with Gasteiger partial charge in [0, 0.05) is 17.7 Å². The van der Waals surface area contributed by atoms with E-state index in [1.165, 1.54) is 32.1 Å². The zero-order valence-corrected chi connectivity index (χ0v) is 12.2. The molecule has 0 unspecified atom stereocenters. The van der Waals surface area contributed by atoms with Gasteiger partial charge in [-0.05, 0) is 19.1 Å². The Morgan fingerprint density at radius 1 is 1.21 bits per heavy atom. The summed E-state index contributed by atoms with van der Waals surface area (Å²) >= 11 is 1.62. The molecule has 0 aromatic heterocycles. The first-order valence-corrected chi connectivity index (χ1v) is 8.13. The van der Waals surface area contributed by atoms with Crippen molar-refractivity contribution in [1.29, 1.82) is 0 Å². The SMILES string of the molecule is CS/C(=C\C(=O)c1ccccc1)NC1CCCCC1. The predicted molar refractivity (Wildman–Crippen MR) is 82.4 cm³/mol. The first-order chi connectivity index (χ1) is 9.29. The van der Waals surface area contributed by atoms with Gasteiger partial charge in [-0.1, -0.05) is 49.6 Å². The molecule has 1 aromatic carbocycles. The van der Waals surface area contributed by atoms with E-state index in [2.05, 4.69) is 5.32 Å². The van der Waals surface area contributed by atoms with Crippen LogP contribution in [0.5, 0.6) is 0 Å². The molecular formula is C16H21NOS. The van der Waals surface area contributed by atoms with E-state index in [0.29, 0.717) is 6.04 Å². The van der Waals surface area contributed by atoms with E-state index in [-0.39, 0.29) is 5.78 Å². The van der Waals surface area contributed by atoms with Crippen molar-refractivity contribution >= 4 is 17.5 Å². The van der Waals surface area contributed by atoms with Crippen LogP contribution >= 0.6 is 11.8 Å². The number of carbonyl (C=O) groups excluding carboxylic acids is 1. The molecule has 3 heteroatoms. The summed E-state index contributed by atoms with van der Waals surface area (Å²) in [4.78, 5) is 12.1. The van der Waals surface area contributed by atoms with Crippen molar-refractivity contribution in [3.63, 3.8) is 0 Å². The van der Waals surface area contributed by atoms with Crippen LogP contribution in [0.3, 0.4) is 0 Å². The highest BCUT2D eigenvalue weighted by Gasteiger charge is 2.14. The first-order valence-electron chi connectivity index (χ1n) is 6.91. The molecule has 2 nitrogen and oxygen atoms in total. The van der Waals surface area contributed by atoms with Crippen molar-refractivity contribution in [3.8, 4) is 0 Å². The molecule has 0 heterocycles. The lowest BCUT2D eigenvalue weighted by molar-refractivity contribution is 0.104. The molecule has 0 saturated heterocycles. The fourth-order valence-electron chi connectivity index (χ4n) is 2.41. The molecule has 1 aliphatic carbocycles. The highest BCUT2D eigenvalue weighted by Crippen LogP contribution is 2.21. The lowest BCUT2D eigenvalue weighted by Gasteiger charge is -2.24. The summed E-state index contributed by atoms with van der Waals surface area (Å²) in [6.07, 6.45) is 10.1. The number of thioether (sulfide) groups is 1. The number of carbonyl (C=O) groups is 1. The smallest absolute Gasteiger partial charge is 0.188 e. The van der Waals surface area contributed by atoms with Crippen molar-refractivity contribution in [1.82, 2.24) is 5.32 Å². The predicted octanol–water partition coefficient (Wildman–Crippen LogP) is 4.00. The third-order valence-electron chi connectivity index (χ3n) is 3.49. The third kappa shape index (κ3) is 4.43. The van der Waals surface area contributed by atoms with Crippen LogP contribution in [0.4, 0.5) is 0 Å². The topological polar surface area (TPSA) is 29.1 Å². The Balaban J connectivity index is 1.99. The van der Waals surface area contributed by atoms with Crippen LogP contribution in [-0.2, 0) is 0 Å². The molecule has 0 bridgehead atoms. The Hall–Kier alpha value is -1.22. The van der Waals surface area contributed by atoms with Crippen LogP contribution in [0.15, 0.2) is 41.4 Å². The average Bonchev–Trinajstić information content (AvgIpc) is 2.48. The maximum atomic E-state index is 12.1. The maximum absolute atomic E-state index is 12.1. The van der Waals surface area contributed by atoms with E-state index in [9.17, 15) is 4.79 Å². The van der Waals surface area contributed by atoms with Gasteiger partial charge in [-0.2, -0.15) is 0 Å². The molecule has 1 saturated carbocycles. The zero-order chi connectivity index (χ0) is 13.5. The maximum Gasteiger partial charge on any atom is 0.188 e. The second-order valence-corrected chi connectivity index (χ2v) is 5.77. The Labute approximate surface area is 119 Å². The monoisotopic (exact) mass is 275 g/mol. The van der Waals surface area contributed by atoms with E-state index in [0.717, 1.165) is 10.6 Å². The van der Waals surface area contributed by atoms with E-state index in [1.54, 1.807) is 17.8 Å². The van der Waals surface area contributed by atoms with Gasteiger partial charge in [0.2, 0.25) is 0 Å². The Morgan fingerprint density at radius 3 is 2.53 bits per heavy atom. The second kappa shape index (κ2) is 7.39. The van der Waals surface area contributed by atoms with Gasteiger partial charge in [-0.15, -0.1) is 11.8 Å². The van der Waals surface area contributed by atoms with Crippen molar-refractivity contribution in [2.75, 3.05) is 6.26 Å². The highest BCUT2D eigenvalue weighted by molar-refractivity contribution is 8.02.